The number of rotatable bonds is 7. The van der Waals surface area contributed by atoms with Gasteiger partial charge in [-0.25, -0.2) is 9.18 Å². The van der Waals surface area contributed by atoms with E-state index in [1.807, 2.05) is 43.0 Å². The molecule has 0 aromatic heterocycles. The minimum absolute atomic E-state index is 0.110. The van der Waals surface area contributed by atoms with E-state index in [0.717, 1.165) is 42.8 Å². The van der Waals surface area contributed by atoms with Gasteiger partial charge in [-0.15, -0.1) is 0 Å². The third-order valence-corrected chi connectivity index (χ3v) is 5.84. The zero-order chi connectivity index (χ0) is 22.4. The van der Waals surface area contributed by atoms with E-state index in [-0.39, 0.29) is 24.0 Å². The monoisotopic (exact) mass is 447 g/mol. The maximum Gasteiger partial charge on any atom is 0.318 e. The molecule has 0 atom stereocenters. The standard InChI is InChI=1S/C24H31ClFN3O2/c1-17(2)31-22-8-4-18(5-9-22)15-27-24(30)29(21-10-12-28(3)13-11-21)16-19-6-7-20(26)14-23(19)25/h4-9,14,17,21H,10-13,15-16H2,1-3H3,(H,27,30). The molecule has 0 aliphatic carbocycles. The van der Waals surface area contributed by atoms with Crippen molar-refractivity contribution in [1.82, 2.24) is 15.1 Å². The molecule has 31 heavy (non-hydrogen) atoms. The molecule has 1 N–H and O–H groups in total. The molecule has 0 saturated carbocycles. The number of ether oxygens (including phenoxy) is 1. The molecule has 2 aromatic carbocycles. The maximum absolute atomic E-state index is 13.5. The summed E-state index contributed by atoms with van der Waals surface area (Å²) in [5, 5.41) is 3.37. The van der Waals surface area contributed by atoms with E-state index in [2.05, 4.69) is 17.3 Å². The lowest BCUT2D eigenvalue weighted by Crippen LogP contribution is -2.49. The second-order valence-electron chi connectivity index (χ2n) is 8.37. The smallest absolute Gasteiger partial charge is 0.318 e. The summed E-state index contributed by atoms with van der Waals surface area (Å²) in [6.07, 6.45) is 1.90. The highest BCUT2D eigenvalue weighted by Crippen LogP contribution is 2.23. The Hall–Kier alpha value is -2.31. The molecule has 5 nitrogen and oxygen atoms in total. The van der Waals surface area contributed by atoms with Gasteiger partial charge in [-0.05, 0) is 82.2 Å². The highest BCUT2D eigenvalue weighted by molar-refractivity contribution is 6.31. The quantitative estimate of drug-likeness (QED) is 0.644. The Kier molecular flexibility index (Phi) is 8.15. The number of carbonyl (C=O) groups excluding carboxylic acids is 1. The van der Waals surface area contributed by atoms with Crippen LogP contribution in [-0.4, -0.2) is 48.1 Å². The molecule has 2 amide bonds. The van der Waals surface area contributed by atoms with Gasteiger partial charge < -0.3 is 19.9 Å². The molecule has 0 bridgehead atoms. The minimum atomic E-state index is -0.381. The lowest BCUT2D eigenvalue weighted by Gasteiger charge is -2.37. The Morgan fingerprint density at radius 1 is 1.23 bits per heavy atom. The normalized spacial score (nSPS) is 15.2. The average Bonchev–Trinajstić information content (AvgIpc) is 2.73. The van der Waals surface area contributed by atoms with Crippen LogP contribution in [0.3, 0.4) is 0 Å². The van der Waals surface area contributed by atoms with Crippen molar-refractivity contribution in [2.24, 2.45) is 0 Å². The molecule has 2 aromatic rings. The summed E-state index contributed by atoms with van der Waals surface area (Å²) in [5.74, 6) is 0.429. The van der Waals surface area contributed by atoms with Gasteiger partial charge in [0.2, 0.25) is 0 Å². The number of hydrogen-bond donors (Lipinski definition) is 1. The number of benzene rings is 2. The largest absolute Gasteiger partial charge is 0.491 e. The topological polar surface area (TPSA) is 44.8 Å². The predicted octanol–water partition coefficient (Wildman–Crippen LogP) is 5.07. The van der Waals surface area contributed by atoms with E-state index >= 15 is 0 Å². The van der Waals surface area contributed by atoms with Gasteiger partial charge in [0, 0.05) is 24.2 Å². The van der Waals surface area contributed by atoms with Gasteiger partial charge in [-0.2, -0.15) is 0 Å². The number of nitrogens with one attached hydrogen (secondary N) is 1. The number of hydrogen-bond acceptors (Lipinski definition) is 3. The Bertz CT molecular complexity index is 868. The molecular formula is C24H31ClFN3O2. The fourth-order valence-corrected chi connectivity index (χ4v) is 3.97. The second kappa shape index (κ2) is 10.8. The van der Waals surface area contributed by atoms with Gasteiger partial charge in [0.1, 0.15) is 11.6 Å². The first-order valence-corrected chi connectivity index (χ1v) is 11.1. The summed E-state index contributed by atoms with van der Waals surface area (Å²) in [7, 11) is 2.09. The van der Waals surface area contributed by atoms with E-state index in [0.29, 0.717) is 18.1 Å². The Labute approximate surface area is 189 Å². The average molecular weight is 448 g/mol. The molecular weight excluding hydrogens is 417 g/mol. The van der Waals surface area contributed by atoms with Crippen LogP contribution in [0.2, 0.25) is 5.02 Å². The number of piperidine rings is 1. The molecule has 0 unspecified atom stereocenters. The predicted molar refractivity (Wildman–Crippen MR) is 122 cm³/mol. The zero-order valence-electron chi connectivity index (χ0n) is 18.4. The van der Waals surface area contributed by atoms with Crippen molar-refractivity contribution in [2.45, 2.75) is 51.9 Å². The van der Waals surface area contributed by atoms with Crippen LogP contribution in [0.5, 0.6) is 5.75 Å². The van der Waals surface area contributed by atoms with E-state index < -0.39 is 0 Å². The van der Waals surface area contributed by atoms with E-state index in [1.54, 1.807) is 6.07 Å². The number of nitrogens with zero attached hydrogens (tertiary/aromatic N) is 2. The first-order valence-electron chi connectivity index (χ1n) is 10.7. The van der Waals surface area contributed by atoms with E-state index in [4.69, 9.17) is 16.3 Å². The third-order valence-electron chi connectivity index (χ3n) is 5.48. The summed E-state index contributed by atoms with van der Waals surface area (Å²) in [6.45, 7) is 6.60. The summed E-state index contributed by atoms with van der Waals surface area (Å²) >= 11 is 6.25. The number of urea groups is 1. The van der Waals surface area contributed by atoms with Crippen LogP contribution in [0.1, 0.15) is 37.8 Å². The first kappa shape index (κ1) is 23.4. The van der Waals surface area contributed by atoms with Crippen molar-refractivity contribution in [3.63, 3.8) is 0 Å². The minimum Gasteiger partial charge on any atom is -0.491 e. The summed E-state index contributed by atoms with van der Waals surface area (Å²) in [5.41, 5.74) is 1.74. The lowest BCUT2D eigenvalue weighted by molar-refractivity contribution is 0.127. The SMILES string of the molecule is CC(C)Oc1ccc(CNC(=O)N(Cc2ccc(F)cc2Cl)C2CCN(C)CC2)cc1. The van der Waals surface area contributed by atoms with Crippen LogP contribution < -0.4 is 10.1 Å². The van der Waals surface area contributed by atoms with Crippen LogP contribution in [0.15, 0.2) is 42.5 Å². The highest BCUT2D eigenvalue weighted by Gasteiger charge is 2.27. The van der Waals surface area contributed by atoms with Gasteiger partial charge >= 0.3 is 6.03 Å². The van der Waals surface area contributed by atoms with Crippen molar-refractivity contribution >= 4 is 17.6 Å². The van der Waals surface area contributed by atoms with E-state index in [9.17, 15) is 9.18 Å². The highest BCUT2D eigenvalue weighted by atomic mass is 35.5. The van der Waals surface area contributed by atoms with Crippen LogP contribution in [0, 0.1) is 5.82 Å². The molecule has 1 saturated heterocycles. The third kappa shape index (κ3) is 6.84. The summed E-state index contributed by atoms with van der Waals surface area (Å²) in [6, 6.07) is 12.0. The fourth-order valence-electron chi connectivity index (χ4n) is 3.74. The van der Waals surface area contributed by atoms with Crippen molar-refractivity contribution in [2.75, 3.05) is 20.1 Å². The van der Waals surface area contributed by atoms with Crippen LogP contribution in [0.4, 0.5) is 9.18 Å². The molecule has 1 aliphatic rings. The number of carbonyl (C=O) groups is 1. The van der Waals surface area contributed by atoms with Gasteiger partial charge in [-0.1, -0.05) is 29.8 Å². The molecule has 1 fully saturated rings. The summed E-state index contributed by atoms with van der Waals surface area (Å²) in [4.78, 5) is 17.2. The van der Waals surface area contributed by atoms with Crippen LogP contribution in [-0.2, 0) is 13.1 Å². The van der Waals surface area contributed by atoms with Crippen molar-refractivity contribution < 1.29 is 13.9 Å². The van der Waals surface area contributed by atoms with E-state index in [1.165, 1.54) is 12.1 Å². The Morgan fingerprint density at radius 2 is 1.90 bits per heavy atom. The van der Waals surface area contributed by atoms with Gasteiger partial charge in [-0.3, -0.25) is 0 Å². The second-order valence-corrected chi connectivity index (χ2v) is 8.77. The van der Waals surface area contributed by atoms with Gasteiger partial charge in [0.05, 0.1) is 6.10 Å². The molecule has 1 heterocycles. The number of halogens is 2. The summed E-state index contributed by atoms with van der Waals surface area (Å²) < 4.78 is 19.1. The first-order chi connectivity index (χ1) is 14.8. The molecule has 168 valence electrons. The lowest BCUT2D eigenvalue weighted by atomic mass is 10.0. The molecule has 3 rings (SSSR count). The molecule has 0 radical (unpaired) electrons. The van der Waals surface area contributed by atoms with Crippen LogP contribution in [0.25, 0.3) is 0 Å². The Morgan fingerprint density at radius 3 is 2.52 bits per heavy atom. The molecule has 7 heteroatoms. The zero-order valence-corrected chi connectivity index (χ0v) is 19.2. The maximum atomic E-state index is 13.5. The Balaban J connectivity index is 1.68. The molecule has 1 aliphatic heterocycles. The van der Waals surface area contributed by atoms with Gasteiger partial charge in [0.15, 0.2) is 0 Å². The van der Waals surface area contributed by atoms with Crippen LogP contribution >= 0.6 is 11.6 Å². The van der Waals surface area contributed by atoms with Crippen molar-refractivity contribution in [3.8, 4) is 5.75 Å². The van der Waals surface area contributed by atoms with Crippen molar-refractivity contribution in [1.29, 1.82) is 0 Å². The number of amides is 2. The van der Waals surface area contributed by atoms with Crippen molar-refractivity contribution in [3.05, 3.63) is 64.4 Å². The van der Waals surface area contributed by atoms with Gasteiger partial charge in [0.25, 0.3) is 0 Å². The fraction of sp³-hybridized carbons (Fsp3) is 0.458. The molecule has 0 spiro atoms. The number of likely N-dealkylation sites (tertiary alicyclic amines) is 1.